The maximum Gasteiger partial charge on any atom is 0.153 e. The number of nitrogens with two attached hydrogens (primary N) is 1. The Morgan fingerprint density at radius 1 is 1.14 bits per heavy atom. The maximum absolute atomic E-state index is 12.1. The molecule has 3 nitrogen and oxygen atoms in total. The van der Waals surface area contributed by atoms with Gasteiger partial charge < -0.3 is 10.5 Å². The summed E-state index contributed by atoms with van der Waals surface area (Å²) < 4.78 is 5.20. The van der Waals surface area contributed by atoms with Crippen LogP contribution in [0, 0.1) is 0 Å². The van der Waals surface area contributed by atoms with Gasteiger partial charge in [-0.15, -0.1) is 12.4 Å². The number of Topliss-reactive ketones (excluding diaryl/α,β-unsaturated/α-hetero) is 1. The van der Waals surface area contributed by atoms with E-state index in [1.165, 1.54) is 5.56 Å². The van der Waals surface area contributed by atoms with E-state index in [2.05, 4.69) is 18.2 Å². The van der Waals surface area contributed by atoms with Crippen LogP contribution in [-0.4, -0.2) is 18.9 Å². The van der Waals surface area contributed by atoms with Gasteiger partial charge in [-0.05, 0) is 47.2 Å². The minimum Gasteiger partial charge on any atom is -0.497 e. The lowest BCUT2D eigenvalue weighted by atomic mass is 9.92. The van der Waals surface area contributed by atoms with E-state index >= 15 is 0 Å². The summed E-state index contributed by atoms with van der Waals surface area (Å²) in [6, 6.07) is 13.9. The number of aryl methyl sites for hydroxylation is 1. The number of carbonyl (C=O) groups excluding carboxylic acids is 1. The normalized spacial score (nSPS) is 17.2. The highest BCUT2D eigenvalue weighted by Gasteiger charge is 2.22. The Balaban J connectivity index is 0.00000176. The van der Waals surface area contributed by atoms with Crippen molar-refractivity contribution in [2.45, 2.75) is 25.3 Å². The van der Waals surface area contributed by atoms with Crippen LogP contribution >= 0.6 is 12.4 Å². The topological polar surface area (TPSA) is 52.3 Å². The Morgan fingerprint density at radius 2 is 1.86 bits per heavy atom. The first kappa shape index (κ1) is 16.5. The number of ketones is 1. The van der Waals surface area contributed by atoms with E-state index in [1.54, 1.807) is 7.11 Å². The van der Waals surface area contributed by atoms with Crippen LogP contribution < -0.4 is 10.5 Å². The molecule has 116 valence electrons. The first-order valence-corrected chi connectivity index (χ1v) is 7.22. The Hall–Kier alpha value is -1.84. The molecule has 1 aliphatic carbocycles. The number of methoxy groups -OCH3 is 1. The molecule has 0 spiro atoms. The summed E-state index contributed by atoms with van der Waals surface area (Å²) in [5.41, 5.74) is 10.5. The molecular formula is C18H20ClNO2. The zero-order chi connectivity index (χ0) is 14.8. The molecule has 4 heteroatoms. The summed E-state index contributed by atoms with van der Waals surface area (Å²) in [4.78, 5) is 12.1. The van der Waals surface area contributed by atoms with Crippen LogP contribution in [0.4, 0.5) is 0 Å². The lowest BCUT2D eigenvalue weighted by Gasteiger charge is -2.12. The molecule has 2 aromatic rings. The van der Waals surface area contributed by atoms with Crippen LogP contribution in [-0.2, 0) is 17.6 Å². The highest BCUT2D eigenvalue weighted by molar-refractivity contribution is 5.89. The van der Waals surface area contributed by atoms with Crippen molar-refractivity contribution in [3.05, 3.63) is 53.6 Å². The fraction of sp³-hybridized carbons (Fsp3) is 0.278. The third kappa shape index (κ3) is 3.16. The van der Waals surface area contributed by atoms with E-state index in [1.807, 2.05) is 24.3 Å². The molecule has 0 amide bonds. The van der Waals surface area contributed by atoms with Crippen LogP contribution in [0.1, 0.15) is 17.5 Å². The fourth-order valence-electron chi connectivity index (χ4n) is 2.90. The van der Waals surface area contributed by atoms with Gasteiger partial charge in [0.1, 0.15) is 5.75 Å². The van der Waals surface area contributed by atoms with Gasteiger partial charge in [0, 0.05) is 6.42 Å². The molecule has 1 aliphatic rings. The summed E-state index contributed by atoms with van der Waals surface area (Å²) in [7, 11) is 1.66. The summed E-state index contributed by atoms with van der Waals surface area (Å²) in [5.74, 6) is 0.966. The van der Waals surface area contributed by atoms with Gasteiger partial charge in [0.25, 0.3) is 0 Å². The molecular weight excluding hydrogens is 298 g/mol. The summed E-state index contributed by atoms with van der Waals surface area (Å²) in [6.45, 7) is 0. The van der Waals surface area contributed by atoms with Crippen LogP contribution in [0.5, 0.6) is 5.75 Å². The summed E-state index contributed by atoms with van der Waals surface area (Å²) in [6.07, 6.45) is 2.03. The second-order valence-corrected chi connectivity index (χ2v) is 5.46. The Kier molecular flexibility index (Phi) is 5.22. The number of benzene rings is 2. The number of halogens is 1. The predicted molar refractivity (Wildman–Crippen MR) is 90.7 cm³/mol. The molecule has 3 rings (SSSR count). The molecule has 22 heavy (non-hydrogen) atoms. The molecule has 1 unspecified atom stereocenters. The van der Waals surface area contributed by atoms with E-state index in [4.69, 9.17) is 10.5 Å². The average Bonchev–Trinajstić information content (AvgIpc) is 2.67. The molecule has 2 N–H and O–H groups in total. The highest BCUT2D eigenvalue weighted by Crippen LogP contribution is 2.31. The number of rotatable bonds is 2. The van der Waals surface area contributed by atoms with Crippen molar-refractivity contribution in [1.29, 1.82) is 0 Å². The average molecular weight is 318 g/mol. The third-order valence-electron chi connectivity index (χ3n) is 4.16. The van der Waals surface area contributed by atoms with E-state index in [0.717, 1.165) is 35.3 Å². The molecule has 0 aromatic heterocycles. The molecule has 0 saturated carbocycles. The molecule has 0 fully saturated rings. The zero-order valence-corrected chi connectivity index (χ0v) is 13.4. The first-order valence-electron chi connectivity index (χ1n) is 7.22. The van der Waals surface area contributed by atoms with Crippen molar-refractivity contribution in [2.24, 2.45) is 5.73 Å². The number of carbonyl (C=O) groups is 1. The monoisotopic (exact) mass is 317 g/mol. The van der Waals surface area contributed by atoms with E-state index in [9.17, 15) is 4.79 Å². The van der Waals surface area contributed by atoms with Crippen molar-refractivity contribution in [3.63, 3.8) is 0 Å². The summed E-state index contributed by atoms with van der Waals surface area (Å²) in [5, 5.41) is 0. The Labute approximate surface area is 136 Å². The number of hydrogen-bond acceptors (Lipinski definition) is 3. The first-order chi connectivity index (χ1) is 10.2. The number of fused-ring (bicyclic) bond motifs is 1. The van der Waals surface area contributed by atoms with Gasteiger partial charge in [0.2, 0.25) is 0 Å². The second-order valence-electron chi connectivity index (χ2n) is 5.46. The smallest absolute Gasteiger partial charge is 0.153 e. The van der Waals surface area contributed by atoms with Crippen molar-refractivity contribution < 1.29 is 9.53 Å². The van der Waals surface area contributed by atoms with Gasteiger partial charge in [0.15, 0.2) is 5.78 Å². The van der Waals surface area contributed by atoms with Crippen molar-refractivity contribution >= 4 is 18.2 Å². The van der Waals surface area contributed by atoms with E-state index in [0.29, 0.717) is 6.42 Å². The molecule has 0 aliphatic heterocycles. The largest absolute Gasteiger partial charge is 0.497 e. The lowest BCUT2D eigenvalue weighted by molar-refractivity contribution is -0.119. The van der Waals surface area contributed by atoms with Crippen molar-refractivity contribution in [1.82, 2.24) is 0 Å². The molecule has 0 saturated heterocycles. The highest BCUT2D eigenvalue weighted by atomic mass is 35.5. The van der Waals surface area contributed by atoms with E-state index < -0.39 is 0 Å². The third-order valence-corrected chi connectivity index (χ3v) is 4.16. The van der Waals surface area contributed by atoms with Gasteiger partial charge in [-0.25, -0.2) is 0 Å². The van der Waals surface area contributed by atoms with Gasteiger partial charge in [-0.2, -0.15) is 0 Å². The van der Waals surface area contributed by atoms with Crippen LogP contribution in [0.2, 0.25) is 0 Å². The maximum atomic E-state index is 12.1. The van der Waals surface area contributed by atoms with E-state index in [-0.39, 0.29) is 24.2 Å². The van der Waals surface area contributed by atoms with Crippen molar-refractivity contribution in [2.75, 3.05) is 7.11 Å². The quantitative estimate of drug-likeness (QED) is 0.866. The van der Waals surface area contributed by atoms with Crippen molar-refractivity contribution in [3.8, 4) is 16.9 Å². The van der Waals surface area contributed by atoms with Crippen LogP contribution in [0.25, 0.3) is 11.1 Å². The number of hydrogen-bond donors (Lipinski definition) is 1. The molecule has 2 aromatic carbocycles. The fourth-order valence-corrected chi connectivity index (χ4v) is 2.90. The zero-order valence-electron chi connectivity index (χ0n) is 12.5. The Bertz CT molecular complexity index is 667. The van der Waals surface area contributed by atoms with Crippen LogP contribution in [0.3, 0.4) is 0 Å². The molecule has 1 atom stereocenters. The van der Waals surface area contributed by atoms with Gasteiger partial charge in [-0.3, -0.25) is 4.79 Å². The second kappa shape index (κ2) is 6.95. The van der Waals surface area contributed by atoms with Gasteiger partial charge >= 0.3 is 0 Å². The minimum absolute atomic E-state index is 0. The van der Waals surface area contributed by atoms with Gasteiger partial charge in [-0.1, -0.05) is 30.3 Å². The minimum atomic E-state index is -0.332. The molecule has 0 heterocycles. The van der Waals surface area contributed by atoms with Crippen LogP contribution in [0.15, 0.2) is 42.5 Å². The molecule has 0 radical (unpaired) electrons. The standard InChI is InChI=1S/C18H19NO2.ClH/c1-21-14-8-5-13(6-9-14)15-4-2-3-12-7-10-17(19)18(20)11-16(12)15;/h2-6,8-9,17H,7,10-11,19H2,1H3;1H. The van der Waals surface area contributed by atoms with Gasteiger partial charge in [0.05, 0.1) is 13.2 Å². The SMILES string of the molecule is COc1ccc(-c2cccc3c2CC(=O)C(N)CC3)cc1.Cl. The molecule has 0 bridgehead atoms. The predicted octanol–water partition coefficient (Wildman–Crippen LogP) is 3.17. The Morgan fingerprint density at radius 3 is 2.55 bits per heavy atom. The lowest BCUT2D eigenvalue weighted by Crippen LogP contribution is -2.30. The number of ether oxygens (including phenoxy) is 1. The summed E-state index contributed by atoms with van der Waals surface area (Å²) >= 11 is 0.